The maximum Gasteiger partial charge on any atom is 0.222 e. The summed E-state index contributed by atoms with van der Waals surface area (Å²) in [6.45, 7) is 7.71. The van der Waals surface area contributed by atoms with Gasteiger partial charge in [0.25, 0.3) is 0 Å². The Balaban J connectivity index is 1.66. The van der Waals surface area contributed by atoms with Gasteiger partial charge in [0, 0.05) is 25.6 Å². The van der Waals surface area contributed by atoms with Crippen LogP contribution in [0, 0.1) is 11.8 Å². The van der Waals surface area contributed by atoms with Crippen LogP contribution in [-0.2, 0) is 4.79 Å². The fourth-order valence-corrected chi connectivity index (χ4v) is 3.44. The molecule has 2 rings (SSSR count). The van der Waals surface area contributed by atoms with Gasteiger partial charge in [0.1, 0.15) is 0 Å². The van der Waals surface area contributed by atoms with Crippen LogP contribution < -0.4 is 5.32 Å². The van der Waals surface area contributed by atoms with E-state index >= 15 is 0 Å². The van der Waals surface area contributed by atoms with Crippen molar-refractivity contribution >= 4 is 5.91 Å². The van der Waals surface area contributed by atoms with Crippen molar-refractivity contribution in [1.82, 2.24) is 10.2 Å². The third-order valence-corrected chi connectivity index (χ3v) is 4.95. The minimum atomic E-state index is 0.384. The second-order valence-electron chi connectivity index (χ2n) is 6.65. The van der Waals surface area contributed by atoms with Gasteiger partial charge in [0.15, 0.2) is 0 Å². The van der Waals surface area contributed by atoms with Gasteiger partial charge in [-0.2, -0.15) is 0 Å². The lowest BCUT2D eigenvalue weighted by Gasteiger charge is -2.34. The molecule has 2 aliphatic heterocycles. The van der Waals surface area contributed by atoms with Crippen molar-refractivity contribution in [2.24, 2.45) is 11.8 Å². The van der Waals surface area contributed by atoms with Crippen LogP contribution in [0.1, 0.15) is 58.8 Å². The average Bonchev–Trinajstić information content (AvgIpc) is 2.46. The zero-order valence-corrected chi connectivity index (χ0v) is 12.7. The van der Waals surface area contributed by atoms with Gasteiger partial charge in [-0.3, -0.25) is 4.79 Å². The molecule has 0 aromatic carbocycles. The molecular weight excluding hydrogens is 236 g/mol. The second-order valence-corrected chi connectivity index (χ2v) is 6.65. The molecule has 0 aromatic heterocycles. The van der Waals surface area contributed by atoms with Crippen LogP contribution in [0.4, 0.5) is 0 Å². The van der Waals surface area contributed by atoms with Gasteiger partial charge in [0.05, 0.1) is 0 Å². The van der Waals surface area contributed by atoms with E-state index in [2.05, 4.69) is 24.1 Å². The lowest BCUT2D eigenvalue weighted by molar-refractivity contribution is -0.133. The van der Waals surface area contributed by atoms with Crippen LogP contribution in [0.2, 0.25) is 0 Å². The van der Waals surface area contributed by atoms with Crippen LogP contribution in [0.15, 0.2) is 0 Å². The highest BCUT2D eigenvalue weighted by Gasteiger charge is 2.24. The van der Waals surface area contributed by atoms with E-state index in [-0.39, 0.29) is 0 Å². The zero-order valence-electron chi connectivity index (χ0n) is 12.7. The van der Waals surface area contributed by atoms with E-state index < -0.39 is 0 Å². The number of carbonyl (C=O) groups excluding carboxylic acids is 1. The smallest absolute Gasteiger partial charge is 0.222 e. The van der Waals surface area contributed by atoms with E-state index in [1.165, 1.54) is 32.1 Å². The minimum Gasteiger partial charge on any atom is -0.343 e. The highest BCUT2D eigenvalue weighted by molar-refractivity contribution is 5.76. The summed E-state index contributed by atoms with van der Waals surface area (Å²) in [5.41, 5.74) is 0. The van der Waals surface area contributed by atoms with Crippen LogP contribution in [0.5, 0.6) is 0 Å². The highest BCUT2D eigenvalue weighted by atomic mass is 16.2. The Labute approximate surface area is 118 Å². The van der Waals surface area contributed by atoms with Gasteiger partial charge in [-0.05, 0) is 50.5 Å². The molecule has 3 nitrogen and oxygen atoms in total. The topological polar surface area (TPSA) is 32.3 Å². The van der Waals surface area contributed by atoms with E-state index in [1.54, 1.807) is 0 Å². The zero-order chi connectivity index (χ0) is 13.7. The summed E-state index contributed by atoms with van der Waals surface area (Å²) in [5, 5.41) is 3.53. The molecule has 1 unspecified atom stereocenters. The summed E-state index contributed by atoms with van der Waals surface area (Å²) < 4.78 is 0. The van der Waals surface area contributed by atoms with Gasteiger partial charge >= 0.3 is 0 Å². The van der Waals surface area contributed by atoms with Crippen LogP contribution in [0.3, 0.4) is 0 Å². The molecular formula is C16H30N2O. The van der Waals surface area contributed by atoms with Crippen LogP contribution in [0.25, 0.3) is 0 Å². The van der Waals surface area contributed by atoms with Crippen molar-refractivity contribution < 1.29 is 4.79 Å². The molecule has 2 heterocycles. The number of likely N-dealkylation sites (tertiary alicyclic amines) is 1. The van der Waals surface area contributed by atoms with Gasteiger partial charge in [-0.25, -0.2) is 0 Å². The number of nitrogens with one attached hydrogen (secondary N) is 1. The molecule has 0 aromatic rings. The molecule has 19 heavy (non-hydrogen) atoms. The molecule has 2 aliphatic rings. The number of piperidine rings is 2. The number of hydrogen-bond acceptors (Lipinski definition) is 2. The third kappa shape index (κ3) is 4.48. The summed E-state index contributed by atoms with van der Waals surface area (Å²) in [6, 6.07) is 0.589. The molecule has 0 radical (unpaired) electrons. The predicted octanol–water partition coefficient (Wildman–Crippen LogP) is 2.80. The molecule has 3 heteroatoms. The lowest BCUT2D eigenvalue weighted by Crippen LogP contribution is -2.40. The Bertz CT molecular complexity index is 276. The Morgan fingerprint density at radius 1 is 1.21 bits per heavy atom. The number of carbonyl (C=O) groups is 1. The van der Waals surface area contributed by atoms with Crippen molar-refractivity contribution in [3.8, 4) is 0 Å². The number of rotatable bonds is 4. The SMILES string of the molecule is CC(C)C1CCN(C(=O)CCC2CCCCN2)CC1. The Hall–Kier alpha value is -0.570. The normalized spacial score (nSPS) is 25.8. The Kier molecular flexibility index (Phi) is 5.68. The van der Waals surface area contributed by atoms with Crippen molar-refractivity contribution in [3.05, 3.63) is 0 Å². The monoisotopic (exact) mass is 266 g/mol. The summed E-state index contributed by atoms with van der Waals surface area (Å²) in [5.74, 6) is 1.97. The van der Waals surface area contributed by atoms with E-state index in [0.717, 1.165) is 44.3 Å². The largest absolute Gasteiger partial charge is 0.343 e. The Morgan fingerprint density at radius 3 is 2.53 bits per heavy atom. The lowest BCUT2D eigenvalue weighted by atomic mass is 9.86. The van der Waals surface area contributed by atoms with E-state index in [1.807, 2.05) is 0 Å². The standard InChI is InChI=1S/C16H30N2O/c1-13(2)14-8-11-18(12-9-14)16(19)7-6-15-5-3-4-10-17-15/h13-15,17H,3-12H2,1-2H3. The van der Waals surface area contributed by atoms with Crippen LogP contribution in [-0.4, -0.2) is 36.5 Å². The van der Waals surface area contributed by atoms with Gasteiger partial charge in [-0.1, -0.05) is 20.3 Å². The van der Waals surface area contributed by atoms with E-state index in [0.29, 0.717) is 11.9 Å². The fourth-order valence-electron chi connectivity index (χ4n) is 3.44. The van der Waals surface area contributed by atoms with Gasteiger partial charge in [-0.15, -0.1) is 0 Å². The summed E-state index contributed by atoms with van der Waals surface area (Å²) >= 11 is 0. The minimum absolute atomic E-state index is 0.384. The molecule has 0 saturated carbocycles. The van der Waals surface area contributed by atoms with Crippen molar-refractivity contribution in [2.45, 2.75) is 64.8 Å². The predicted molar refractivity (Wildman–Crippen MR) is 79.0 cm³/mol. The molecule has 2 saturated heterocycles. The van der Waals surface area contributed by atoms with Crippen molar-refractivity contribution in [1.29, 1.82) is 0 Å². The summed E-state index contributed by atoms with van der Waals surface area (Å²) in [6.07, 6.45) is 8.05. The number of nitrogens with zero attached hydrogens (tertiary/aromatic N) is 1. The maximum atomic E-state index is 12.2. The van der Waals surface area contributed by atoms with Crippen molar-refractivity contribution in [2.75, 3.05) is 19.6 Å². The molecule has 0 bridgehead atoms. The first-order chi connectivity index (χ1) is 9.16. The molecule has 110 valence electrons. The third-order valence-electron chi connectivity index (χ3n) is 4.95. The van der Waals surface area contributed by atoms with Crippen LogP contribution >= 0.6 is 0 Å². The average molecular weight is 266 g/mol. The summed E-state index contributed by atoms with van der Waals surface area (Å²) in [7, 11) is 0. The molecule has 1 amide bonds. The molecule has 1 atom stereocenters. The van der Waals surface area contributed by atoms with Gasteiger partial charge < -0.3 is 10.2 Å². The first kappa shape index (κ1) is 14.8. The van der Waals surface area contributed by atoms with Gasteiger partial charge in [0.2, 0.25) is 5.91 Å². The fraction of sp³-hybridized carbons (Fsp3) is 0.938. The molecule has 1 N–H and O–H groups in total. The van der Waals surface area contributed by atoms with E-state index in [9.17, 15) is 4.79 Å². The number of amides is 1. The second kappa shape index (κ2) is 7.28. The first-order valence-electron chi connectivity index (χ1n) is 8.18. The quantitative estimate of drug-likeness (QED) is 0.848. The number of hydrogen-bond donors (Lipinski definition) is 1. The Morgan fingerprint density at radius 2 is 1.95 bits per heavy atom. The van der Waals surface area contributed by atoms with Crippen molar-refractivity contribution in [3.63, 3.8) is 0 Å². The molecule has 2 fully saturated rings. The molecule has 0 aliphatic carbocycles. The highest BCUT2D eigenvalue weighted by Crippen LogP contribution is 2.25. The molecule has 0 spiro atoms. The maximum absolute atomic E-state index is 12.2. The van der Waals surface area contributed by atoms with E-state index in [4.69, 9.17) is 0 Å². The summed E-state index contributed by atoms with van der Waals surface area (Å²) in [4.78, 5) is 14.3. The first-order valence-corrected chi connectivity index (χ1v) is 8.18.